The van der Waals surface area contributed by atoms with E-state index in [2.05, 4.69) is 4.98 Å². The first kappa shape index (κ1) is 17.3. The number of esters is 1. The van der Waals surface area contributed by atoms with E-state index in [1.54, 1.807) is 42.6 Å². The smallest absolute Gasteiger partial charge is 0.339 e. The summed E-state index contributed by atoms with van der Waals surface area (Å²) in [6, 6.07) is 26.1. The van der Waals surface area contributed by atoms with Crippen LogP contribution in [0.5, 0.6) is 0 Å². The van der Waals surface area contributed by atoms with Gasteiger partial charge >= 0.3 is 5.97 Å². The highest BCUT2D eigenvalue weighted by atomic mass is 35.5. The van der Waals surface area contributed by atoms with Gasteiger partial charge in [-0.3, -0.25) is 4.98 Å². The molecule has 4 aromatic rings. The van der Waals surface area contributed by atoms with Gasteiger partial charge in [-0.15, -0.1) is 0 Å². The summed E-state index contributed by atoms with van der Waals surface area (Å²) in [5, 5.41) is 2.55. The monoisotopic (exact) mass is 373 g/mol. The fraction of sp³-hybridized carbons (Fsp3) is 0.0435. The molecule has 4 heteroatoms. The molecule has 0 aliphatic heterocycles. The molecule has 27 heavy (non-hydrogen) atoms. The van der Waals surface area contributed by atoms with E-state index in [0.29, 0.717) is 16.3 Å². The lowest BCUT2D eigenvalue weighted by molar-refractivity contribution is 0.0373. The van der Waals surface area contributed by atoms with Gasteiger partial charge in [0.05, 0.1) is 11.3 Å². The highest BCUT2D eigenvalue weighted by Gasteiger charge is 2.23. The van der Waals surface area contributed by atoms with Gasteiger partial charge in [0.25, 0.3) is 0 Å². The Morgan fingerprint density at radius 3 is 2.48 bits per heavy atom. The van der Waals surface area contributed by atoms with E-state index in [-0.39, 0.29) is 0 Å². The van der Waals surface area contributed by atoms with E-state index < -0.39 is 12.1 Å². The number of hydrogen-bond donors (Lipinski definition) is 0. The average molecular weight is 374 g/mol. The van der Waals surface area contributed by atoms with Gasteiger partial charge in [0.15, 0.2) is 6.10 Å². The minimum atomic E-state index is -0.664. The molecule has 0 spiro atoms. The number of hydrogen-bond acceptors (Lipinski definition) is 3. The summed E-state index contributed by atoms with van der Waals surface area (Å²) in [6.07, 6.45) is 1.06. The molecule has 0 saturated heterocycles. The van der Waals surface area contributed by atoms with E-state index in [9.17, 15) is 4.79 Å². The van der Waals surface area contributed by atoms with Gasteiger partial charge in [0, 0.05) is 22.2 Å². The van der Waals surface area contributed by atoms with Crippen LogP contribution < -0.4 is 0 Å². The van der Waals surface area contributed by atoms with Gasteiger partial charge in [-0.25, -0.2) is 4.79 Å². The molecule has 0 bridgehead atoms. The number of ether oxygens (including phenoxy) is 1. The largest absolute Gasteiger partial charge is 0.447 e. The summed E-state index contributed by atoms with van der Waals surface area (Å²) >= 11 is 6.19. The second-order valence-electron chi connectivity index (χ2n) is 6.12. The third kappa shape index (κ3) is 3.69. The first-order valence-electron chi connectivity index (χ1n) is 8.57. The van der Waals surface area contributed by atoms with Crippen molar-refractivity contribution in [1.29, 1.82) is 0 Å². The van der Waals surface area contributed by atoms with Crippen molar-refractivity contribution in [3.05, 3.63) is 113 Å². The lowest BCUT2D eigenvalue weighted by Crippen LogP contribution is -2.14. The lowest BCUT2D eigenvalue weighted by Gasteiger charge is -2.20. The quantitative estimate of drug-likeness (QED) is 0.422. The van der Waals surface area contributed by atoms with Crippen LogP contribution in [0.4, 0.5) is 0 Å². The first-order chi connectivity index (χ1) is 13.2. The first-order valence-corrected chi connectivity index (χ1v) is 8.95. The minimum absolute atomic E-state index is 0.407. The summed E-state index contributed by atoms with van der Waals surface area (Å²) in [4.78, 5) is 17.3. The molecule has 0 fully saturated rings. The second kappa shape index (κ2) is 7.60. The van der Waals surface area contributed by atoms with Crippen molar-refractivity contribution in [1.82, 2.24) is 4.98 Å². The number of halogens is 1. The normalized spacial score (nSPS) is 11.9. The molecule has 1 heterocycles. The number of aromatic nitrogens is 1. The van der Waals surface area contributed by atoms with Gasteiger partial charge in [0.1, 0.15) is 0 Å². The van der Waals surface area contributed by atoms with Crippen molar-refractivity contribution in [2.45, 2.75) is 6.10 Å². The highest BCUT2D eigenvalue weighted by molar-refractivity contribution is 6.30. The summed E-state index contributed by atoms with van der Waals surface area (Å²) in [5.41, 5.74) is 1.94. The Labute approximate surface area is 162 Å². The van der Waals surface area contributed by atoms with Crippen molar-refractivity contribution < 1.29 is 9.53 Å². The minimum Gasteiger partial charge on any atom is -0.447 e. The maximum atomic E-state index is 12.7. The van der Waals surface area contributed by atoms with Crippen molar-refractivity contribution >= 4 is 28.3 Å². The van der Waals surface area contributed by atoms with E-state index in [0.717, 1.165) is 16.3 Å². The predicted octanol–water partition coefficient (Wildman–Crippen LogP) is 5.83. The van der Waals surface area contributed by atoms with Gasteiger partial charge in [-0.2, -0.15) is 0 Å². The molecule has 0 amide bonds. The van der Waals surface area contributed by atoms with Crippen LogP contribution in [0.25, 0.3) is 10.8 Å². The molecule has 3 aromatic carbocycles. The van der Waals surface area contributed by atoms with Gasteiger partial charge < -0.3 is 4.74 Å². The number of benzene rings is 3. The molecule has 132 valence electrons. The van der Waals surface area contributed by atoms with E-state index >= 15 is 0 Å². The Balaban J connectivity index is 1.82. The van der Waals surface area contributed by atoms with Crippen LogP contribution in [0.2, 0.25) is 5.02 Å². The molecule has 4 rings (SSSR count). The Bertz CT molecular complexity index is 1090. The van der Waals surface area contributed by atoms with Crippen LogP contribution >= 0.6 is 11.6 Å². The Kier molecular flexibility index (Phi) is 4.86. The van der Waals surface area contributed by atoms with Crippen LogP contribution in [-0.4, -0.2) is 11.0 Å². The van der Waals surface area contributed by atoms with Crippen LogP contribution in [0.1, 0.15) is 27.7 Å². The van der Waals surface area contributed by atoms with Gasteiger partial charge in [0.2, 0.25) is 0 Å². The van der Waals surface area contributed by atoms with Gasteiger partial charge in [-0.05, 0) is 35.7 Å². The molecule has 0 radical (unpaired) electrons. The highest BCUT2D eigenvalue weighted by Crippen LogP contribution is 2.32. The number of carbonyl (C=O) groups is 1. The summed E-state index contributed by atoms with van der Waals surface area (Å²) in [7, 11) is 0. The Hall–Kier alpha value is -3.17. The van der Waals surface area contributed by atoms with Crippen molar-refractivity contribution in [2.75, 3.05) is 0 Å². The average Bonchev–Trinajstić information content (AvgIpc) is 2.72. The maximum Gasteiger partial charge on any atom is 0.339 e. The van der Waals surface area contributed by atoms with Crippen LogP contribution in [0.15, 0.2) is 91.1 Å². The second-order valence-corrected chi connectivity index (χ2v) is 6.56. The van der Waals surface area contributed by atoms with Crippen molar-refractivity contribution in [3.8, 4) is 0 Å². The maximum absolute atomic E-state index is 12.7. The summed E-state index contributed by atoms with van der Waals surface area (Å²) in [5.74, 6) is -0.407. The zero-order chi connectivity index (χ0) is 18.6. The number of pyridine rings is 1. The Morgan fingerprint density at radius 1 is 0.889 bits per heavy atom. The molecular weight excluding hydrogens is 358 g/mol. The standard InChI is InChI=1S/C23H16ClNO2/c24-19-11-6-10-18(15-19)22(27-23(26)17-8-2-1-3-9-17)21-20-12-5-4-7-16(20)13-14-25-21/h1-15,22H/t22-/m0/s1. The molecular formula is C23H16ClNO2. The molecule has 0 unspecified atom stereocenters. The molecule has 1 atom stereocenters. The van der Waals surface area contributed by atoms with Crippen LogP contribution in [0, 0.1) is 0 Å². The van der Waals surface area contributed by atoms with Crippen molar-refractivity contribution in [2.24, 2.45) is 0 Å². The van der Waals surface area contributed by atoms with Crippen LogP contribution in [-0.2, 0) is 4.74 Å². The number of nitrogens with zero attached hydrogens (tertiary/aromatic N) is 1. The molecule has 0 aliphatic carbocycles. The summed E-state index contributed by atoms with van der Waals surface area (Å²) in [6.45, 7) is 0. The topological polar surface area (TPSA) is 39.2 Å². The molecule has 3 nitrogen and oxygen atoms in total. The molecule has 0 N–H and O–H groups in total. The molecule has 1 aromatic heterocycles. The number of carbonyl (C=O) groups excluding carboxylic acids is 1. The predicted molar refractivity (Wildman–Crippen MR) is 107 cm³/mol. The van der Waals surface area contributed by atoms with E-state index in [1.165, 1.54) is 0 Å². The summed E-state index contributed by atoms with van der Waals surface area (Å²) < 4.78 is 5.91. The van der Waals surface area contributed by atoms with Crippen molar-refractivity contribution in [3.63, 3.8) is 0 Å². The SMILES string of the molecule is O=C(O[C@@H](c1cccc(Cl)c1)c1nccc2ccccc12)c1ccccc1. The number of rotatable bonds is 4. The Morgan fingerprint density at radius 2 is 1.67 bits per heavy atom. The fourth-order valence-electron chi connectivity index (χ4n) is 3.05. The zero-order valence-corrected chi connectivity index (χ0v) is 15.1. The van der Waals surface area contributed by atoms with Gasteiger partial charge in [-0.1, -0.05) is 66.2 Å². The van der Waals surface area contributed by atoms with E-state index in [1.807, 2.05) is 48.5 Å². The van der Waals surface area contributed by atoms with Crippen LogP contribution in [0.3, 0.4) is 0 Å². The third-order valence-corrected chi connectivity index (χ3v) is 4.57. The third-order valence-electron chi connectivity index (χ3n) is 4.34. The fourth-order valence-corrected chi connectivity index (χ4v) is 3.25. The number of fused-ring (bicyclic) bond motifs is 1. The molecule has 0 aliphatic rings. The van der Waals surface area contributed by atoms with E-state index in [4.69, 9.17) is 16.3 Å². The lowest BCUT2D eigenvalue weighted by atomic mass is 10.0. The molecule has 0 saturated carbocycles. The zero-order valence-electron chi connectivity index (χ0n) is 14.4.